The fourth-order valence-corrected chi connectivity index (χ4v) is 11.3. The molecule has 0 saturated carbocycles. The second kappa shape index (κ2) is 10.4. The predicted octanol–water partition coefficient (Wildman–Crippen LogP) is 10.0. The Balaban J connectivity index is 1.21. The van der Waals surface area contributed by atoms with Crippen LogP contribution < -0.4 is 32.8 Å². The Morgan fingerprint density at radius 3 is 1.02 bits per heavy atom. The van der Waals surface area contributed by atoms with E-state index in [4.69, 9.17) is 0 Å². The lowest BCUT2D eigenvalue weighted by molar-refractivity contribution is 0.866. The quantitative estimate of drug-likeness (QED) is 0.127. The van der Waals surface area contributed by atoms with E-state index in [0.717, 1.165) is 0 Å². The zero-order valence-corrected chi connectivity index (χ0v) is 32.7. The van der Waals surface area contributed by atoms with Crippen molar-refractivity contribution in [3.63, 3.8) is 0 Å². The van der Waals surface area contributed by atoms with Crippen molar-refractivity contribution in [3.05, 3.63) is 119 Å². The Hall–Kier alpha value is -5.07. The summed E-state index contributed by atoms with van der Waals surface area (Å²) in [5, 5.41) is 8.65. The Labute approximate surface area is 320 Å². The fraction of sp³-hybridized carbons (Fsp3) is 0.231. The van der Waals surface area contributed by atoms with Gasteiger partial charge in [-0.2, -0.15) is 0 Å². The monoisotopic (exact) mass is 690 g/mol. The summed E-state index contributed by atoms with van der Waals surface area (Å²) in [5.41, 5.74) is 26.2. The van der Waals surface area contributed by atoms with Gasteiger partial charge in [0, 0.05) is 0 Å². The highest BCUT2D eigenvalue weighted by molar-refractivity contribution is 7.03. The van der Waals surface area contributed by atoms with Crippen LogP contribution in [-0.2, 0) is 0 Å². The van der Waals surface area contributed by atoms with Gasteiger partial charge in [0.1, 0.15) is 0 Å². The van der Waals surface area contributed by atoms with E-state index in [1.165, 1.54) is 132 Å². The summed E-state index contributed by atoms with van der Waals surface area (Å²) >= 11 is 0. The van der Waals surface area contributed by atoms with Crippen LogP contribution in [-0.4, -0.2) is 13.4 Å². The molecular weight excluding hydrogens is 646 g/mol. The van der Waals surface area contributed by atoms with E-state index < -0.39 is 0 Å². The van der Waals surface area contributed by atoms with Crippen LogP contribution in [0.15, 0.2) is 97.1 Å². The van der Waals surface area contributed by atoms with Gasteiger partial charge in [0.05, 0.1) is 0 Å². The van der Waals surface area contributed by atoms with Gasteiger partial charge in [0.2, 0.25) is 13.4 Å². The first-order valence-corrected chi connectivity index (χ1v) is 20.5. The van der Waals surface area contributed by atoms with Crippen LogP contribution in [0.4, 0.5) is 0 Å². The van der Waals surface area contributed by atoms with Gasteiger partial charge in [-0.15, -0.1) is 0 Å². The maximum Gasteiger partial charge on any atom is 0.244 e. The molecule has 0 saturated heterocycles. The van der Waals surface area contributed by atoms with Gasteiger partial charge in [0.15, 0.2) is 0 Å². The summed E-state index contributed by atoms with van der Waals surface area (Å²) in [5.74, 6) is 1.90. The molecule has 0 radical (unpaired) electrons. The number of fused-ring (bicyclic) bond motifs is 10. The van der Waals surface area contributed by atoms with Crippen LogP contribution >= 0.6 is 0 Å². The average molecular weight is 691 g/mol. The Morgan fingerprint density at radius 2 is 0.648 bits per heavy atom. The molecule has 4 heterocycles. The van der Waals surface area contributed by atoms with Crippen molar-refractivity contribution >= 4 is 78.5 Å². The van der Waals surface area contributed by atoms with E-state index in [0.29, 0.717) is 23.7 Å². The molecule has 8 aromatic rings. The van der Waals surface area contributed by atoms with Crippen LogP contribution in [0.5, 0.6) is 0 Å². The molecule has 258 valence electrons. The maximum absolute atomic E-state index is 2.61. The molecule has 0 N–H and O–H groups in total. The normalized spacial score (nSPS) is 14.1. The lowest BCUT2D eigenvalue weighted by Crippen LogP contribution is -2.53. The van der Waals surface area contributed by atoms with Crippen molar-refractivity contribution in [1.82, 2.24) is 0 Å². The minimum atomic E-state index is 0.245. The molecule has 0 spiro atoms. The lowest BCUT2D eigenvalue weighted by Gasteiger charge is -2.31. The van der Waals surface area contributed by atoms with Gasteiger partial charge in [-0.1, -0.05) is 185 Å². The van der Waals surface area contributed by atoms with E-state index in [1.54, 1.807) is 0 Å². The van der Waals surface area contributed by atoms with Crippen molar-refractivity contribution in [3.8, 4) is 44.5 Å². The van der Waals surface area contributed by atoms with Crippen molar-refractivity contribution in [1.29, 1.82) is 0 Å². The number of rotatable bonds is 4. The van der Waals surface area contributed by atoms with Crippen molar-refractivity contribution in [2.24, 2.45) is 0 Å². The van der Waals surface area contributed by atoms with Gasteiger partial charge in [0.25, 0.3) is 0 Å². The van der Waals surface area contributed by atoms with Crippen molar-refractivity contribution in [2.75, 3.05) is 0 Å². The van der Waals surface area contributed by atoms with Crippen molar-refractivity contribution < 1.29 is 0 Å². The second-order valence-electron chi connectivity index (χ2n) is 18.3. The summed E-state index contributed by atoms with van der Waals surface area (Å²) < 4.78 is 0. The summed E-state index contributed by atoms with van der Waals surface area (Å²) in [6.45, 7) is 19.2. The first-order chi connectivity index (χ1) is 26.1. The molecule has 4 aliphatic heterocycles. The van der Waals surface area contributed by atoms with Gasteiger partial charge in [-0.3, -0.25) is 0 Å². The highest BCUT2D eigenvalue weighted by atomic mass is 14.3. The van der Waals surface area contributed by atoms with Gasteiger partial charge < -0.3 is 0 Å². The zero-order valence-electron chi connectivity index (χ0n) is 32.7. The Kier molecular flexibility index (Phi) is 6.01. The Bertz CT molecular complexity index is 2800. The first-order valence-electron chi connectivity index (χ1n) is 20.5. The molecule has 0 amide bonds. The summed E-state index contributed by atoms with van der Waals surface area (Å²) in [6.07, 6.45) is 0. The smallest absolute Gasteiger partial charge is 0.0661 e. The number of hydrogen-bond acceptors (Lipinski definition) is 0. The van der Waals surface area contributed by atoms with E-state index in [-0.39, 0.29) is 13.4 Å². The summed E-state index contributed by atoms with van der Waals surface area (Å²) in [7, 11) is 0. The van der Waals surface area contributed by atoms with Gasteiger partial charge >= 0.3 is 0 Å². The molecule has 54 heavy (non-hydrogen) atoms. The van der Waals surface area contributed by atoms with E-state index in [1.807, 2.05) is 0 Å². The maximum atomic E-state index is 2.61. The Morgan fingerprint density at radius 1 is 0.296 bits per heavy atom. The van der Waals surface area contributed by atoms with Gasteiger partial charge in [-0.05, 0) is 123 Å². The molecule has 0 aliphatic carbocycles. The standard InChI is InChI=1S/C52H44B2/c1-25(2)29-11-15-43-37(17-29)41-21-33(27(5)6)19-39-35-13-9-32-24-46-50-36(14-10-31-23-45(53(43)51(39)41)49(35)47(32)48(31)50)40-20-34(28(7)8)22-42-38-18-30(26(3)4)12-16-44(38)54(46)52(40)42/h9-28H,1-8H3. The SMILES string of the molecule is CC(C)c1ccc2c(c1)-c1cc(C(C)C)cc3c1B2c1cc2ccc4c5c(cc6ccc-3c1c6c25)B1c2ccc(C(C)C)cc2-c2cc(C(C)C)cc-4c21. The minimum absolute atomic E-state index is 0.245. The topological polar surface area (TPSA) is 0 Å². The summed E-state index contributed by atoms with van der Waals surface area (Å²) in [4.78, 5) is 0. The van der Waals surface area contributed by atoms with Crippen LogP contribution in [0.25, 0.3) is 76.8 Å². The first kappa shape index (κ1) is 31.3. The summed E-state index contributed by atoms with van der Waals surface area (Å²) in [6, 6.07) is 40.0. The third-order valence-electron chi connectivity index (χ3n) is 14.1. The molecule has 0 nitrogen and oxygen atoms in total. The largest absolute Gasteiger partial charge is 0.244 e. The molecule has 0 bridgehead atoms. The molecule has 0 fully saturated rings. The average Bonchev–Trinajstić information content (AvgIpc) is 3.68. The van der Waals surface area contributed by atoms with E-state index in [9.17, 15) is 0 Å². The van der Waals surface area contributed by atoms with E-state index in [2.05, 4.69) is 152 Å². The van der Waals surface area contributed by atoms with Crippen LogP contribution in [0.2, 0.25) is 0 Å². The highest BCUT2D eigenvalue weighted by Gasteiger charge is 2.44. The zero-order chi connectivity index (χ0) is 36.6. The van der Waals surface area contributed by atoms with Crippen LogP contribution in [0, 0.1) is 0 Å². The molecule has 0 unspecified atom stereocenters. The molecular formula is C52H44B2. The second-order valence-corrected chi connectivity index (χ2v) is 18.3. The predicted molar refractivity (Wildman–Crippen MR) is 238 cm³/mol. The third kappa shape index (κ3) is 3.73. The van der Waals surface area contributed by atoms with E-state index >= 15 is 0 Å². The molecule has 2 heteroatoms. The molecule has 12 rings (SSSR count). The van der Waals surface area contributed by atoms with Crippen molar-refractivity contribution in [2.45, 2.75) is 79.1 Å². The van der Waals surface area contributed by atoms with Gasteiger partial charge in [-0.25, -0.2) is 0 Å². The minimum Gasteiger partial charge on any atom is -0.0661 e. The number of hydrogen-bond donors (Lipinski definition) is 0. The third-order valence-corrected chi connectivity index (χ3v) is 14.1. The molecule has 4 aliphatic rings. The molecule has 0 aromatic heterocycles. The highest BCUT2D eigenvalue weighted by Crippen LogP contribution is 2.47. The number of benzene rings is 8. The van der Waals surface area contributed by atoms with Crippen LogP contribution in [0.1, 0.15) is 101 Å². The fourth-order valence-electron chi connectivity index (χ4n) is 11.3. The molecule has 0 atom stereocenters. The molecule has 8 aromatic carbocycles. The van der Waals surface area contributed by atoms with Crippen LogP contribution in [0.3, 0.4) is 0 Å². The lowest BCUT2D eigenvalue weighted by atomic mass is 9.34.